The highest BCUT2D eigenvalue weighted by molar-refractivity contribution is 6.00. The number of unbranched alkanes of at least 4 members (excludes halogenated alkanes) is 1. The Bertz CT molecular complexity index is 1870. The van der Waals surface area contributed by atoms with Crippen molar-refractivity contribution in [3.63, 3.8) is 0 Å². The summed E-state index contributed by atoms with van der Waals surface area (Å²) in [5.41, 5.74) is 9.06. The number of anilines is 1. The highest BCUT2D eigenvalue weighted by Gasteiger charge is 2.35. The first-order valence-corrected chi connectivity index (χ1v) is 15.4. The van der Waals surface area contributed by atoms with Crippen molar-refractivity contribution in [3.8, 4) is 11.5 Å². The van der Waals surface area contributed by atoms with E-state index in [4.69, 9.17) is 9.47 Å². The number of hydrogen-bond acceptors (Lipinski definition) is 4. The Balaban J connectivity index is 1.69. The van der Waals surface area contributed by atoms with Crippen LogP contribution in [0.15, 0.2) is 60.7 Å². The Morgan fingerprint density at radius 1 is 0.907 bits per heavy atom. The number of carbonyl (C=O) groups excluding carboxylic acids is 1. The maximum Gasteiger partial charge on any atom is 0.338 e. The molecule has 0 spiro atoms. The summed E-state index contributed by atoms with van der Waals surface area (Å²) in [6, 6.07) is 16.7. The van der Waals surface area contributed by atoms with Gasteiger partial charge < -0.3 is 14.4 Å². The molecule has 0 radical (unpaired) electrons. The molecule has 0 atom stereocenters. The van der Waals surface area contributed by atoms with Gasteiger partial charge in [0.2, 0.25) is 5.36 Å². The molecule has 3 heterocycles. The third-order valence-electron chi connectivity index (χ3n) is 9.54. The first kappa shape index (κ1) is 29.0. The molecule has 3 aliphatic heterocycles. The van der Waals surface area contributed by atoms with Crippen LogP contribution in [0.25, 0.3) is 16.7 Å². The van der Waals surface area contributed by atoms with Crippen molar-refractivity contribution in [2.75, 3.05) is 25.6 Å². The van der Waals surface area contributed by atoms with Crippen LogP contribution < -0.4 is 24.8 Å². The van der Waals surface area contributed by atoms with E-state index in [2.05, 4.69) is 108 Å². The summed E-state index contributed by atoms with van der Waals surface area (Å²) in [7, 11) is 4.28. The summed E-state index contributed by atoms with van der Waals surface area (Å²) in [4.78, 5) is 15.8. The van der Waals surface area contributed by atoms with Crippen molar-refractivity contribution in [2.24, 2.45) is 0 Å². The van der Waals surface area contributed by atoms with Gasteiger partial charge in [0.05, 0.1) is 23.8 Å². The number of benzene rings is 3. The molecule has 5 heteroatoms. The molecule has 0 fully saturated rings. The summed E-state index contributed by atoms with van der Waals surface area (Å²) in [6.07, 6.45) is 6.45. The van der Waals surface area contributed by atoms with Crippen LogP contribution in [0.2, 0.25) is 0 Å². The normalized spacial score (nSPS) is 17.6. The molecular weight excluding hydrogens is 532 g/mol. The van der Waals surface area contributed by atoms with Crippen molar-refractivity contribution >= 4 is 28.4 Å². The van der Waals surface area contributed by atoms with Gasteiger partial charge in [0.25, 0.3) is 0 Å². The van der Waals surface area contributed by atoms with Crippen LogP contribution >= 0.6 is 0 Å². The zero-order valence-electron chi connectivity index (χ0n) is 27.0. The molecule has 0 aliphatic carbocycles. The van der Waals surface area contributed by atoms with Crippen LogP contribution in [0, 0.1) is 0 Å². The van der Waals surface area contributed by atoms with Crippen molar-refractivity contribution in [2.45, 2.75) is 72.4 Å². The Labute approximate surface area is 255 Å². The quantitative estimate of drug-likeness (QED) is 0.147. The maximum atomic E-state index is 13.5. The fraction of sp³-hybridized carbons (Fsp3) is 0.368. The Kier molecular flexibility index (Phi) is 6.91. The third kappa shape index (κ3) is 4.70. The number of esters is 1. The fourth-order valence-corrected chi connectivity index (χ4v) is 6.73. The molecule has 3 aromatic rings. The second-order valence-electron chi connectivity index (χ2n) is 13.3. The first-order chi connectivity index (χ1) is 20.3. The number of allylic oxidation sites excluding steroid dienone is 2. The molecule has 0 unspecified atom stereocenters. The van der Waals surface area contributed by atoms with E-state index in [-0.39, 0.29) is 17.0 Å². The van der Waals surface area contributed by atoms with E-state index in [1.165, 1.54) is 22.3 Å². The van der Waals surface area contributed by atoms with E-state index >= 15 is 0 Å². The summed E-state index contributed by atoms with van der Waals surface area (Å²) < 4.78 is 14.9. The Hall–Kier alpha value is -4.12. The largest absolute Gasteiger partial charge is 0.462 e. The van der Waals surface area contributed by atoms with Gasteiger partial charge in [0.1, 0.15) is 18.5 Å². The van der Waals surface area contributed by atoms with E-state index in [1.807, 2.05) is 24.3 Å². The van der Waals surface area contributed by atoms with E-state index in [9.17, 15) is 4.79 Å². The van der Waals surface area contributed by atoms with Crippen LogP contribution in [-0.2, 0) is 4.74 Å². The lowest BCUT2D eigenvalue weighted by Gasteiger charge is -2.41. The van der Waals surface area contributed by atoms with E-state index in [0.29, 0.717) is 12.2 Å². The molecule has 0 N–H and O–H groups in total. The number of nitrogens with zero attached hydrogens (tertiary/aromatic N) is 2. The van der Waals surface area contributed by atoms with Gasteiger partial charge in [-0.05, 0) is 75.1 Å². The second-order valence-corrected chi connectivity index (χ2v) is 13.3. The minimum atomic E-state index is -0.294. The van der Waals surface area contributed by atoms with Gasteiger partial charge in [0, 0.05) is 60.1 Å². The van der Waals surface area contributed by atoms with Crippen LogP contribution in [-0.4, -0.2) is 37.7 Å². The highest BCUT2D eigenvalue weighted by atomic mass is 16.5. The number of rotatable bonds is 5. The standard InChI is InChI=1S/C38H43N2O3/c1-10-11-16-42-36(41)26-15-13-12-14-25(26)35-29-17-27-23(2)21-37(4,5)39(8)31(27)19-33(29)43-34-20-32-28(18-30(34)35)24(3)22-38(6,7)40(32)9/h12-15,17-22H,10-11,16H2,1-9H3/q+1. The van der Waals surface area contributed by atoms with Crippen molar-refractivity contribution < 1.29 is 14.3 Å². The van der Waals surface area contributed by atoms with Crippen LogP contribution in [0.5, 0.6) is 11.5 Å². The number of carbonyl (C=O) groups is 1. The highest BCUT2D eigenvalue weighted by Crippen LogP contribution is 2.46. The van der Waals surface area contributed by atoms with E-state index in [0.717, 1.165) is 57.3 Å². The predicted molar refractivity (Wildman–Crippen MR) is 176 cm³/mol. The third-order valence-corrected chi connectivity index (χ3v) is 9.54. The molecule has 3 aromatic carbocycles. The summed E-state index contributed by atoms with van der Waals surface area (Å²) >= 11 is 0. The SMILES string of the molecule is CCCCOC(=O)c1ccccc1C1=c2cc3c(cc2Oc2cc4c(cc21)C(C)=CC(C)(C)N4C)=[N+](C)C(C)(C)C=C3C. The van der Waals surface area contributed by atoms with E-state index in [1.54, 1.807) is 0 Å². The average molecular weight is 576 g/mol. The fourth-order valence-electron chi connectivity index (χ4n) is 6.73. The molecular formula is C38H43N2O3+. The molecule has 0 saturated heterocycles. The average Bonchev–Trinajstić information content (AvgIpc) is 2.96. The summed E-state index contributed by atoms with van der Waals surface area (Å²) in [5.74, 6) is 1.28. The molecule has 0 amide bonds. The smallest absolute Gasteiger partial charge is 0.338 e. The van der Waals surface area contributed by atoms with Gasteiger partial charge in [-0.2, -0.15) is 0 Å². The van der Waals surface area contributed by atoms with Crippen molar-refractivity contribution in [3.05, 3.63) is 99.1 Å². The zero-order valence-corrected chi connectivity index (χ0v) is 27.0. The molecule has 6 rings (SSSR count). The lowest BCUT2D eigenvalue weighted by Crippen LogP contribution is -2.47. The number of fused-ring (bicyclic) bond motifs is 4. The Morgan fingerprint density at radius 3 is 2.37 bits per heavy atom. The topological polar surface area (TPSA) is 41.8 Å². The Morgan fingerprint density at radius 2 is 1.63 bits per heavy atom. The molecule has 0 bridgehead atoms. The number of hydrogen-bond donors (Lipinski definition) is 0. The van der Waals surface area contributed by atoms with Gasteiger partial charge in [-0.1, -0.05) is 37.6 Å². The lowest BCUT2D eigenvalue weighted by atomic mass is 9.83. The van der Waals surface area contributed by atoms with Gasteiger partial charge in [-0.25, -0.2) is 9.37 Å². The second kappa shape index (κ2) is 10.3. The molecule has 43 heavy (non-hydrogen) atoms. The van der Waals surface area contributed by atoms with Crippen molar-refractivity contribution in [1.29, 1.82) is 0 Å². The van der Waals surface area contributed by atoms with Crippen LogP contribution in [0.3, 0.4) is 0 Å². The zero-order chi connectivity index (χ0) is 30.8. The molecule has 5 nitrogen and oxygen atoms in total. The molecule has 3 aliphatic rings. The summed E-state index contributed by atoms with van der Waals surface area (Å²) in [5, 5.41) is 2.11. The maximum absolute atomic E-state index is 13.5. The van der Waals surface area contributed by atoms with Crippen molar-refractivity contribution in [1.82, 2.24) is 4.58 Å². The molecule has 0 saturated carbocycles. The molecule has 222 valence electrons. The number of likely N-dealkylation sites (N-methyl/N-ethyl adjacent to an activating group) is 2. The lowest BCUT2D eigenvalue weighted by molar-refractivity contribution is 0.0499. The van der Waals surface area contributed by atoms with Gasteiger partial charge in [0.15, 0.2) is 5.54 Å². The van der Waals surface area contributed by atoms with Crippen LogP contribution in [0.1, 0.15) is 93.9 Å². The minimum absolute atomic E-state index is 0.128. The monoisotopic (exact) mass is 575 g/mol. The number of ether oxygens (including phenoxy) is 2. The minimum Gasteiger partial charge on any atom is -0.462 e. The predicted octanol–water partition coefficient (Wildman–Crippen LogP) is 6.94. The van der Waals surface area contributed by atoms with Gasteiger partial charge >= 0.3 is 5.97 Å². The first-order valence-electron chi connectivity index (χ1n) is 15.4. The van der Waals surface area contributed by atoms with Crippen LogP contribution in [0.4, 0.5) is 5.69 Å². The van der Waals surface area contributed by atoms with Gasteiger partial charge in [-0.3, -0.25) is 0 Å². The van der Waals surface area contributed by atoms with Gasteiger partial charge in [-0.15, -0.1) is 0 Å². The van der Waals surface area contributed by atoms with E-state index < -0.39 is 0 Å². The summed E-state index contributed by atoms with van der Waals surface area (Å²) in [6.45, 7) is 15.8. The molecule has 0 aromatic heterocycles.